The summed E-state index contributed by atoms with van der Waals surface area (Å²) >= 11 is 7.13. The molecule has 0 saturated carbocycles. The van der Waals surface area contributed by atoms with Crippen LogP contribution in [0.5, 0.6) is 0 Å². The van der Waals surface area contributed by atoms with Crippen LogP contribution in [0.3, 0.4) is 0 Å². The first-order valence-electron chi connectivity index (χ1n) is 7.93. The van der Waals surface area contributed by atoms with Gasteiger partial charge in [0, 0.05) is 18.9 Å². The Kier molecular flexibility index (Phi) is 5.50. The van der Waals surface area contributed by atoms with Crippen LogP contribution in [-0.4, -0.2) is 15.5 Å². The molecule has 0 aliphatic rings. The molecule has 3 aromatic rings. The summed E-state index contributed by atoms with van der Waals surface area (Å²) in [5, 5.41) is 3.67. The molecule has 0 radical (unpaired) electrons. The van der Waals surface area contributed by atoms with Gasteiger partial charge in [0.1, 0.15) is 10.7 Å². The minimum atomic E-state index is -0.471. The highest BCUT2D eigenvalue weighted by molar-refractivity contribution is 7.16. The van der Waals surface area contributed by atoms with Crippen molar-refractivity contribution >= 4 is 28.8 Å². The van der Waals surface area contributed by atoms with Crippen LogP contribution in [0, 0.1) is 5.82 Å². The van der Waals surface area contributed by atoms with Gasteiger partial charge in [0.15, 0.2) is 5.13 Å². The Morgan fingerprint density at radius 1 is 1.36 bits per heavy atom. The molecule has 0 saturated heterocycles. The molecule has 0 aliphatic heterocycles. The number of carbonyl (C=O) groups is 1. The molecule has 25 heavy (non-hydrogen) atoms. The van der Waals surface area contributed by atoms with E-state index in [0.29, 0.717) is 4.88 Å². The summed E-state index contributed by atoms with van der Waals surface area (Å²) in [5.41, 5.74) is 1.54. The molecule has 0 fully saturated rings. The van der Waals surface area contributed by atoms with Gasteiger partial charge in [-0.15, -0.1) is 0 Å². The van der Waals surface area contributed by atoms with E-state index in [1.165, 1.54) is 23.5 Å². The smallest absolute Gasteiger partial charge is 0.263 e. The largest absolute Gasteiger partial charge is 0.347 e. The predicted octanol–water partition coefficient (Wildman–Crippen LogP) is 4.61. The maximum absolute atomic E-state index is 13.2. The molecule has 1 aromatic carbocycles. The summed E-state index contributed by atoms with van der Waals surface area (Å²) < 4.78 is 15.1. The van der Waals surface area contributed by atoms with Gasteiger partial charge >= 0.3 is 0 Å². The topological polar surface area (TPSA) is 46.9 Å². The van der Waals surface area contributed by atoms with Crippen molar-refractivity contribution < 1.29 is 9.18 Å². The van der Waals surface area contributed by atoms with Gasteiger partial charge in [-0.25, -0.2) is 9.37 Å². The van der Waals surface area contributed by atoms with Crippen molar-refractivity contribution in [3.63, 3.8) is 0 Å². The quantitative estimate of drug-likeness (QED) is 0.682. The summed E-state index contributed by atoms with van der Waals surface area (Å²) in [6, 6.07) is 8.25. The molecule has 7 heteroatoms. The molecule has 0 spiro atoms. The molecule has 2 heterocycles. The lowest BCUT2D eigenvalue weighted by molar-refractivity contribution is 0.0954. The molecule has 130 valence electrons. The maximum Gasteiger partial charge on any atom is 0.263 e. The van der Waals surface area contributed by atoms with Gasteiger partial charge < -0.3 is 9.88 Å². The van der Waals surface area contributed by atoms with Gasteiger partial charge in [-0.3, -0.25) is 4.79 Å². The molecular formula is C18H17ClFN3OS. The van der Waals surface area contributed by atoms with Gasteiger partial charge in [-0.2, -0.15) is 0 Å². The van der Waals surface area contributed by atoms with Crippen molar-refractivity contribution in [2.45, 2.75) is 26.3 Å². The summed E-state index contributed by atoms with van der Waals surface area (Å²) in [5.74, 6) is -0.652. The van der Waals surface area contributed by atoms with Gasteiger partial charge in [-0.1, -0.05) is 42.3 Å². The van der Waals surface area contributed by atoms with Crippen molar-refractivity contribution in [1.29, 1.82) is 0 Å². The zero-order valence-corrected chi connectivity index (χ0v) is 15.2. The highest BCUT2D eigenvalue weighted by Crippen LogP contribution is 2.24. The van der Waals surface area contributed by atoms with Crippen LogP contribution in [0.2, 0.25) is 5.02 Å². The van der Waals surface area contributed by atoms with E-state index in [9.17, 15) is 9.18 Å². The van der Waals surface area contributed by atoms with E-state index < -0.39 is 5.82 Å². The molecule has 4 nitrogen and oxygen atoms in total. The van der Waals surface area contributed by atoms with Gasteiger partial charge in [0.05, 0.1) is 10.7 Å². The summed E-state index contributed by atoms with van der Waals surface area (Å²) in [6.07, 6.45) is 5.44. The second-order valence-electron chi connectivity index (χ2n) is 5.54. The van der Waals surface area contributed by atoms with Gasteiger partial charge in [0.2, 0.25) is 0 Å². The van der Waals surface area contributed by atoms with E-state index in [0.717, 1.165) is 29.2 Å². The number of aryl methyl sites for hydroxylation is 1. The summed E-state index contributed by atoms with van der Waals surface area (Å²) in [4.78, 5) is 17.8. The number of aromatic nitrogens is 2. The summed E-state index contributed by atoms with van der Waals surface area (Å²) in [6.45, 7) is 2.33. The minimum Gasteiger partial charge on any atom is -0.347 e. The van der Waals surface area contributed by atoms with Crippen molar-refractivity contribution in [1.82, 2.24) is 14.9 Å². The first-order chi connectivity index (χ1) is 12.1. The highest BCUT2D eigenvalue weighted by Gasteiger charge is 2.18. The van der Waals surface area contributed by atoms with E-state index in [1.54, 1.807) is 6.07 Å². The lowest BCUT2D eigenvalue weighted by Crippen LogP contribution is -2.23. The Morgan fingerprint density at radius 3 is 2.80 bits per heavy atom. The molecular weight excluding hydrogens is 361 g/mol. The lowest BCUT2D eigenvalue weighted by atomic mass is 10.2. The number of carbonyl (C=O) groups excluding carboxylic acids is 1. The highest BCUT2D eigenvalue weighted by atomic mass is 35.5. The molecule has 2 aromatic heterocycles. The van der Waals surface area contributed by atoms with Crippen LogP contribution in [-0.2, 0) is 13.0 Å². The molecule has 1 N–H and O–H groups in total. The van der Waals surface area contributed by atoms with Crippen LogP contribution in [0.4, 0.5) is 4.39 Å². The average Bonchev–Trinajstić information content (AvgIpc) is 3.25. The molecule has 0 atom stereocenters. The van der Waals surface area contributed by atoms with Crippen molar-refractivity contribution in [3.05, 3.63) is 69.7 Å². The van der Waals surface area contributed by atoms with E-state index in [-0.39, 0.29) is 17.5 Å². The Labute approximate surface area is 154 Å². The first-order valence-corrected chi connectivity index (χ1v) is 9.13. The fourth-order valence-corrected chi connectivity index (χ4v) is 3.61. The third-order valence-electron chi connectivity index (χ3n) is 3.64. The second kappa shape index (κ2) is 7.80. The lowest BCUT2D eigenvalue weighted by Gasteiger charge is -2.06. The second-order valence-corrected chi connectivity index (χ2v) is 6.93. The number of benzene rings is 1. The molecule has 0 bridgehead atoms. The van der Waals surface area contributed by atoms with Crippen LogP contribution in [0.1, 0.15) is 34.3 Å². The average molecular weight is 378 g/mol. The molecule has 0 aliphatic carbocycles. The summed E-state index contributed by atoms with van der Waals surface area (Å²) in [7, 11) is 0. The van der Waals surface area contributed by atoms with Crippen molar-refractivity contribution in [3.8, 4) is 5.13 Å². The number of halogens is 2. The minimum absolute atomic E-state index is 0.0473. The molecule has 3 rings (SSSR count). The Hall–Kier alpha value is -2.18. The van der Waals surface area contributed by atoms with E-state index in [4.69, 9.17) is 11.6 Å². The SMILES string of the molecule is CCCc1nc(-n2cccc2)sc1C(=O)NCc1ccc(F)c(Cl)c1. The van der Waals surface area contributed by atoms with Crippen LogP contribution in [0.15, 0.2) is 42.7 Å². The van der Waals surface area contributed by atoms with Crippen molar-refractivity contribution in [2.24, 2.45) is 0 Å². The number of rotatable bonds is 6. The number of amides is 1. The number of hydrogen-bond donors (Lipinski definition) is 1. The predicted molar refractivity (Wildman–Crippen MR) is 98.0 cm³/mol. The van der Waals surface area contributed by atoms with Crippen molar-refractivity contribution in [2.75, 3.05) is 0 Å². The van der Waals surface area contributed by atoms with E-state index in [1.807, 2.05) is 29.1 Å². The third-order valence-corrected chi connectivity index (χ3v) is 5.04. The van der Waals surface area contributed by atoms with E-state index in [2.05, 4.69) is 17.2 Å². The normalized spacial score (nSPS) is 10.8. The van der Waals surface area contributed by atoms with Gasteiger partial charge in [0.25, 0.3) is 5.91 Å². The Morgan fingerprint density at radius 2 is 2.12 bits per heavy atom. The number of thiazole rings is 1. The van der Waals surface area contributed by atoms with E-state index >= 15 is 0 Å². The van der Waals surface area contributed by atoms with Crippen LogP contribution >= 0.6 is 22.9 Å². The molecule has 1 amide bonds. The first kappa shape index (κ1) is 17.6. The number of hydrogen-bond acceptors (Lipinski definition) is 3. The Balaban J connectivity index is 1.77. The van der Waals surface area contributed by atoms with Crippen LogP contribution < -0.4 is 5.32 Å². The fourth-order valence-electron chi connectivity index (χ4n) is 2.41. The van der Waals surface area contributed by atoms with Crippen LogP contribution in [0.25, 0.3) is 5.13 Å². The standard InChI is InChI=1S/C18H17ClFN3OS/c1-2-5-15-16(25-18(22-15)23-8-3-4-9-23)17(24)21-11-12-6-7-14(20)13(19)10-12/h3-4,6-10H,2,5,11H2,1H3,(H,21,24). The maximum atomic E-state index is 13.2. The number of nitrogens with zero attached hydrogens (tertiary/aromatic N) is 2. The third kappa shape index (κ3) is 4.08. The monoisotopic (exact) mass is 377 g/mol. The zero-order valence-electron chi connectivity index (χ0n) is 13.6. The molecule has 0 unspecified atom stereocenters. The van der Waals surface area contributed by atoms with Gasteiger partial charge in [-0.05, 0) is 36.2 Å². The zero-order chi connectivity index (χ0) is 17.8. The fraction of sp³-hybridized carbons (Fsp3) is 0.222. The number of nitrogens with one attached hydrogen (secondary N) is 1. The Bertz CT molecular complexity index is 877.